The molecule has 1 aromatic carbocycles. The molecule has 96 valence electrons. The Morgan fingerprint density at radius 3 is 2.89 bits per heavy atom. The van der Waals surface area contributed by atoms with Gasteiger partial charge in [-0.3, -0.25) is 0 Å². The zero-order valence-electron chi connectivity index (χ0n) is 10.6. The number of nitrogens with zero attached hydrogens (tertiary/aromatic N) is 2. The lowest BCUT2D eigenvalue weighted by Crippen LogP contribution is -2.01. The highest BCUT2D eigenvalue weighted by atomic mass is 16.5. The van der Waals surface area contributed by atoms with E-state index in [0.29, 0.717) is 18.1 Å². The second-order valence-electron chi connectivity index (χ2n) is 4.16. The first-order chi connectivity index (χ1) is 9.20. The number of aromatic nitrogens is 1. The van der Waals surface area contributed by atoms with Gasteiger partial charge in [-0.25, -0.2) is 4.98 Å². The maximum absolute atomic E-state index is 9.65. The lowest BCUT2D eigenvalue weighted by atomic mass is 10.1. The smallest absolute Gasteiger partial charge is 0.140 e. The molecule has 0 bridgehead atoms. The first-order valence-corrected chi connectivity index (χ1v) is 5.95. The van der Waals surface area contributed by atoms with Crippen LogP contribution in [0.4, 0.5) is 0 Å². The van der Waals surface area contributed by atoms with Crippen LogP contribution in [0.15, 0.2) is 42.6 Å². The molecule has 1 aromatic heterocycles. The predicted molar refractivity (Wildman–Crippen MR) is 70.4 cm³/mol. The summed E-state index contributed by atoms with van der Waals surface area (Å²) in [6.45, 7) is 2.03. The number of para-hydroxylation sites is 1. The van der Waals surface area contributed by atoms with Crippen LogP contribution in [0.1, 0.15) is 29.8 Å². The third-order valence-electron chi connectivity index (χ3n) is 2.70. The molecule has 0 amide bonds. The molecule has 1 N–H and O–H groups in total. The van der Waals surface area contributed by atoms with E-state index in [1.54, 1.807) is 25.3 Å². The Bertz CT molecular complexity index is 603. The van der Waals surface area contributed by atoms with Gasteiger partial charge in [-0.15, -0.1) is 0 Å². The topological polar surface area (TPSA) is 66.1 Å². The maximum atomic E-state index is 9.65. The molecule has 0 unspecified atom stereocenters. The molecular formula is C15H14N2O2. The highest BCUT2D eigenvalue weighted by Gasteiger charge is 2.08. The van der Waals surface area contributed by atoms with Gasteiger partial charge >= 0.3 is 0 Å². The van der Waals surface area contributed by atoms with Gasteiger partial charge in [0.2, 0.25) is 0 Å². The second kappa shape index (κ2) is 5.98. The van der Waals surface area contributed by atoms with Gasteiger partial charge < -0.3 is 9.84 Å². The first kappa shape index (κ1) is 13.1. The minimum atomic E-state index is -0.580. The average Bonchev–Trinajstić information content (AvgIpc) is 2.45. The fourth-order valence-corrected chi connectivity index (χ4v) is 1.74. The summed E-state index contributed by atoms with van der Waals surface area (Å²) in [4.78, 5) is 3.90. The SMILES string of the molecule is C[C@H](O)c1ccccc1OCc1ccnc(C#N)c1. The van der Waals surface area contributed by atoms with Gasteiger partial charge in [-0.1, -0.05) is 18.2 Å². The molecule has 1 heterocycles. The van der Waals surface area contributed by atoms with Crippen LogP contribution in [-0.4, -0.2) is 10.1 Å². The Balaban J connectivity index is 2.12. The van der Waals surface area contributed by atoms with Gasteiger partial charge in [0.05, 0.1) is 6.10 Å². The molecule has 2 rings (SSSR count). The molecule has 1 atom stereocenters. The number of pyridine rings is 1. The van der Waals surface area contributed by atoms with Crippen molar-refractivity contribution in [2.24, 2.45) is 0 Å². The van der Waals surface area contributed by atoms with Gasteiger partial charge in [0.25, 0.3) is 0 Å². The Hall–Kier alpha value is -2.38. The van der Waals surface area contributed by atoms with Crippen molar-refractivity contribution in [2.45, 2.75) is 19.6 Å². The molecule has 0 aliphatic carbocycles. The van der Waals surface area contributed by atoms with Crippen LogP contribution in [0.25, 0.3) is 0 Å². The van der Waals surface area contributed by atoms with Crippen molar-refractivity contribution < 1.29 is 9.84 Å². The number of hydrogen-bond donors (Lipinski definition) is 1. The van der Waals surface area contributed by atoms with Crippen LogP contribution in [0, 0.1) is 11.3 Å². The fraction of sp³-hybridized carbons (Fsp3) is 0.200. The molecule has 0 aliphatic rings. The van der Waals surface area contributed by atoms with E-state index < -0.39 is 6.10 Å². The first-order valence-electron chi connectivity index (χ1n) is 5.95. The van der Waals surface area contributed by atoms with Crippen molar-refractivity contribution in [3.8, 4) is 11.8 Å². The molecule has 0 spiro atoms. The molecule has 0 saturated carbocycles. The van der Waals surface area contributed by atoms with E-state index in [1.165, 1.54) is 0 Å². The van der Waals surface area contributed by atoms with Crippen molar-refractivity contribution >= 4 is 0 Å². The number of hydrogen-bond acceptors (Lipinski definition) is 4. The third kappa shape index (κ3) is 3.30. The minimum absolute atomic E-state index is 0.334. The fourth-order valence-electron chi connectivity index (χ4n) is 1.74. The Labute approximate surface area is 111 Å². The maximum Gasteiger partial charge on any atom is 0.140 e. The highest BCUT2D eigenvalue weighted by molar-refractivity contribution is 5.35. The van der Waals surface area contributed by atoms with Crippen LogP contribution in [0.5, 0.6) is 5.75 Å². The van der Waals surface area contributed by atoms with E-state index in [1.807, 2.05) is 30.3 Å². The summed E-state index contributed by atoms with van der Waals surface area (Å²) in [5.74, 6) is 0.646. The molecule has 19 heavy (non-hydrogen) atoms. The van der Waals surface area contributed by atoms with Crippen molar-refractivity contribution in [3.05, 3.63) is 59.4 Å². The van der Waals surface area contributed by atoms with E-state index in [9.17, 15) is 5.11 Å². The molecule has 4 nitrogen and oxygen atoms in total. The molecule has 4 heteroatoms. The second-order valence-corrected chi connectivity index (χ2v) is 4.16. The standard InChI is InChI=1S/C15H14N2O2/c1-11(18)14-4-2-3-5-15(14)19-10-12-6-7-17-13(8-12)9-16/h2-8,11,18H,10H2,1H3/t11-/m0/s1. The van der Waals surface area contributed by atoms with Gasteiger partial charge in [-0.2, -0.15) is 5.26 Å². The van der Waals surface area contributed by atoms with E-state index in [4.69, 9.17) is 10.00 Å². The quantitative estimate of drug-likeness (QED) is 0.910. The lowest BCUT2D eigenvalue weighted by molar-refractivity contribution is 0.190. The Kier molecular flexibility index (Phi) is 4.11. The summed E-state index contributed by atoms with van der Waals surface area (Å²) < 4.78 is 5.69. The molecule has 0 saturated heterocycles. The van der Waals surface area contributed by atoms with E-state index in [-0.39, 0.29) is 0 Å². The van der Waals surface area contributed by atoms with Crippen molar-refractivity contribution in [1.29, 1.82) is 5.26 Å². The summed E-state index contributed by atoms with van der Waals surface area (Å²) >= 11 is 0. The monoisotopic (exact) mass is 254 g/mol. The van der Waals surface area contributed by atoms with Gasteiger partial charge in [0.15, 0.2) is 0 Å². The lowest BCUT2D eigenvalue weighted by Gasteiger charge is -2.13. The van der Waals surface area contributed by atoms with Crippen LogP contribution in [0.2, 0.25) is 0 Å². The van der Waals surface area contributed by atoms with Crippen LogP contribution < -0.4 is 4.74 Å². The number of aliphatic hydroxyl groups is 1. The van der Waals surface area contributed by atoms with Gasteiger partial charge in [0.1, 0.15) is 24.1 Å². The van der Waals surface area contributed by atoms with Crippen molar-refractivity contribution in [1.82, 2.24) is 4.98 Å². The third-order valence-corrected chi connectivity index (χ3v) is 2.70. The summed E-state index contributed by atoms with van der Waals surface area (Å²) in [5.41, 5.74) is 1.98. The minimum Gasteiger partial charge on any atom is -0.489 e. The largest absolute Gasteiger partial charge is 0.489 e. The molecule has 0 aliphatic heterocycles. The highest BCUT2D eigenvalue weighted by Crippen LogP contribution is 2.25. The number of aliphatic hydroxyl groups excluding tert-OH is 1. The van der Waals surface area contributed by atoms with Crippen LogP contribution >= 0.6 is 0 Å². The summed E-state index contributed by atoms with van der Waals surface area (Å²) in [7, 11) is 0. The summed E-state index contributed by atoms with van der Waals surface area (Å²) in [5, 5.41) is 18.4. The van der Waals surface area contributed by atoms with Crippen LogP contribution in [0.3, 0.4) is 0 Å². The average molecular weight is 254 g/mol. The molecule has 2 aromatic rings. The van der Waals surface area contributed by atoms with E-state index >= 15 is 0 Å². The molecular weight excluding hydrogens is 240 g/mol. The number of benzene rings is 1. The van der Waals surface area contributed by atoms with Gasteiger partial charge in [-0.05, 0) is 30.7 Å². The Morgan fingerprint density at radius 2 is 2.16 bits per heavy atom. The zero-order valence-corrected chi connectivity index (χ0v) is 10.6. The molecule has 0 radical (unpaired) electrons. The van der Waals surface area contributed by atoms with E-state index in [0.717, 1.165) is 11.1 Å². The zero-order chi connectivity index (χ0) is 13.7. The van der Waals surface area contributed by atoms with Crippen molar-refractivity contribution in [2.75, 3.05) is 0 Å². The molecule has 0 fully saturated rings. The number of rotatable bonds is 4. The number of nitriles is 1. The number of ether oxygens (including phenoxy) is 1. The van der Waals surface area contributed by atoms with Crippen LogP contribution in [-0.2, 0) is 6.61 Å². The summed E-state index contributed by atoms with van der Waals surface area (Å²) in [6, 6.07) is 12.8. The predicted octanol–water partition coefficient (Wildman–Crippen LogP) is 2.59. The van der Waals surface area contributed by atoms with Gasteiger partial charge in [0, 0.05) is 11.8 Å². The van der Waals surface area contributed by atoms with Crippen molar-refractivity contribution in [3.63, 3.8) is 0 Å². The Morgan fingerprint density at radius 1 is 1.37 bits per heavy atom. The normalized spacial score (nSPS) is 11.6. The summed E-state index contributed by atoms with van der Waals surface area (Å²) in [6.07, 6.45) is 1.00. The van der Waals surface area contributed by atoms with E-state index in [2.05, 4.69) is 4.98 Å².